The molecule has 1 aromatic heterocycles. The predicted octanol–water partition coefficient (Wildman–Crippen LogP) is 5.30. The van der Waals surface area contributed by atoms with Crippen molar-refractivity contribution in [1.29, 1.82) is 5.26 Å². The average molecular weight is 375 g/mol. The van der Waals surface area contributed by atoms with Crippen molar-refractivity contribution in [2.75, 3.05) is 12.4 Å². The first-order valence-electron chi connectivity index (χ1n) is 8.28. The molecular weight excluding hydrogens is 360 g/mol. The minimum Gasteiger partial charge on any atom is -0.497 e. The second kappa shape index (κ2) is 7.02. The van der Waals surface area contributed by atoms with Gasteiger partial charge in [-0.1, -0.05) is 23.7 Å². The maximum atomic E-state index is 9.20. The topological polar surface area (TPSA) is 62.9 Å². The van der Waals surface area contributed by atoms with E-state index in [1.54, 1.807) is 19.2 Å². The summed E-state index contributed by atoms with van der Waals surface area (Å²) in [6.45, 7) is 0. The quantitative estimate of drug-likeness (QED) is 0.526. The molecule has 0 fully saturated rings. The highest BCUT2D eigenvalue weighted by molar-refractivity contribution is 6.30. The molecule has 132 valence electrons. The highest BCUT2D eigenvalue weighted by Crippen LogP contribution is 2.31. The third-order valence-corrected chi connectivity index (χ3v) is 4.43. The van der Waals surface area contributed by atoms with Gasteiger partial charge in [0.25, 0.3) is 0 Å². The van der Waals surface area contributed by atoms with Crippen molar-refractivity contribution >= 4 is 34.0 Å². The smallest absolute Gasteiger partial charge is 0.160 e. The first kappa shape index (κ1) is 17.0. The Balaban J connectivity index is 1.89. The Labute approximate surface area is 161 Å². The zero-order chi connectivity index (χ0) is 18.8. The van der Waals surface area contributed by atoms with E-state index in [1.807, 2.05) is 59.3 Å². The minimum absolute atomic E-state index is 0.578. The van der Waals surface area contributed by atoms with Gasteiger partial charge in [-0.2, -0.15) is 5.26 Å². The van der Waals surface area contributed by atoms with Crippen LogP contribution in [0.3, 0.4) is 0 Å². The highest BCUT2D eigenvalue weighted by Gasteiger charge is 2.14. The number of ether oxygens (including phenoxy) is 1. The van der Waals surface area contributed by atoms with Crippen LogP contribution < -0.4 is 10.1 Å². The number of hydrogen-bond acceptors (Lipinski definition) is 4. The number of halogens is 1. The van der Waals surface area contributed by atoms with E-state index in [4.69, 9.17) is 21.4 Å². The highest BCUT2D eigenvalue weighted by atomic mass is 35.5. The van der Waals surface area contributed by atoms with Crippen LogP contribution in [0.5, 0.6) is 5.75 Å². The van der Waals surface area contributed by atoms with Crippen LogP contribution in [0.2, 0.25) is 5.02 Å². The summed E-state index contributed by atoms with van der Waals surface area (Å²) in [6, 6.07) is 22.7. The Hall–Kier alpha value is -3.49. The van der Waals surface area contributed by atoms with E-state index in [0.717, 1.165) is 28.0 Å². The van der Waals surface area contributed by atoms with E-state index in [0.29, 0.717) is 16.4 Å². The number of nitrogens with zero attached hydrogens (tertiary/aromatic N) is 3. The van der Waals surface area contributed by atoms with Gasteiger partial charge in [0, 0.05) is 16.1 Å². The molecule has 4 rings (SSSR count). The Morgan fingerprint density at radius 2 is 1.93 bits per heavy atom. The summed E-state index contributed by atoms with van der Waals surface area (Å²) in [7, 11) is 1.63. The van der Waals surface area contributed by atoms with Gasteiger partial charge in [-0.3, -0.25) is 0 Å². The van der Waals surface area contributed by atoms with E-state index in [-0.39, 0.29) is 0 Å². The number of hydrogen-bond donors (Lipinski definition) is 1. The van der Waals surface area contributed by atoms with Crippen molar-refractivity contribution in [3.05, 3.63) is 77.3 Å². The van der Waals surface area contributed by atoms with Crippen molar-refractivity contribution in [2.45, 2.75) is 0 Å². The molecule has 0 spiro atoms. The molecule has 6 heteroatoms. The van der Waals surface area contributed by atoms with Crippen LogP contribution in [0.4, 0.5) is 11.5 Å². The summed E-state index contributed by atoms with van der Waals surface area (Å²) in [5.41, 5.74) is 3.12. The van der Waals surface area contributed by atoms with Gasteiger partial charge >= 0.3 is 0 Å². The van der Waals surface area contributed by atoms with Crippen molar-refractivity contribution < 1.29 is 4.74 Å². The van der Waals surface area contributed by atoms with Gasteiger partial charge in [0.1, 0.15) is 5.75 Å². The zero-order valence-electron chi connectivity index (χ0n) is 14.5. The third kappa shape index (κ3) is 3.31. The van der Waals surface area contributed by atoms with E-state index >= 15 is 0 Å². The summed E-state index contributed by atoms with van der Waals surface area (Å²) in [5, 5.41) is 18.8. The SMILES string of the molecule is COc1ccc2c(c1)c(Nc1cccc(Cl)c1)nn2-c1cccc(C#N)c1. The van der Waals surface area contributed by atoms with Crippen molar-refractivity contribution in [3.8, 4) is 17.5 Å². The second-order valence-electron chi connectivity index (χ2n) is 5.94. The lowest BCUT2D eigenvalue weighted by molar-refractivity contribution is 0.415. The fourth-order valence-electron chi connectivity index (χ4n) is 2.92. The number of nitriles is 1. The maximum absolute atomic E-state index is 9.20. The number of anilines is 2. The Morgan fingerprint density at radius 1 is 1.07 bits per heavy atom. The van der Waals surface area contributed by atoms with Crippen LogP contribution in [-0.2, 0) is 0 Å². The molecule has 3 aromatic carbocycles. The minimum atomic E-state index is 0.578. The first-order chi connectivity index (χ1) is 13.2. The summed E-state index contributed by atoms with van der Waals surface area (Å²) in [5.74, 6) is 1.41. The van der Waals surface area contributed by atoms with E-state index < -0.39 is 0 Å². The van der Waals surface area contributed by atoms with Gasteiger partial charge in [-0.15, -0.1) is 5.10 Å². The molecule has 27 heavy (non-hydrogen) atoms. The van der Waals surface area contributed by atoms with Crippen LogP contribution in [0.15, 0.2) is 66.7 Å². The molecule has 0 bridgehead atoms. The van der Waals surface area contributed by atoms with Crippen LogP contribution in [0.25, 0.3) is 16.6 Å². The number of fused-ring (bicyclic) bond motifs is 1. The fourth-order valence-corrected chi connectivity index (χ4v) is 3.11. The molecule has 0 atom stereocenters. The molecule has 0 saturated heterocycles. The number of benzene rings is 3. The van der Waals surface area contributed by atoms with E-state index in [2.05, 4.69) is 11.4 Å². The van der Waals surface area contributed by atoms with Crippen LogP contribution >= 0.6 is 11.6 Å². The maximum Gasteiger partial charge on any atom is 0.160 e. The normalized spacial score (nSPS) is 10.6. The molecule has 0 saturated carbocycles. The number of nitrogens with one attached hydrogen (secondary N) is 1. The van der Waals surface area contributed by atoms with Crippen molar-refractivity contribution in [3.63, 3.8) is 0 Å². The van der Waals surface area contributed by atoms with E-state index in [1.165, 1.54) is 0 Å². The number of methoxy groups -OCH3 is 1. The van der Waals surface area contributed by atoms with Crippen LogP contribution in [-0.4, -0.2) is 16.9 Å². The predicted molar refractivity (Wildman–Crippen MR) is 107 cm³/mol. The fraction of sp³-hybridized carbons (Fsp3) is 0.0476. The summed E-state index contributed by atoms with van der Waals surface area (Å²) >= 11 is 6.10. The van der Waals surface area contributed by atoms with Crippen LogP contribution in [0.1, 0.15) is 5.56 Å². The molecule has 4 aromatic rings. The van der Waals surface area contributed by atoms with Crippen LogP contribution in [0, 0.1) is 11.3 Å². The van der Waals surface area contributed by atoms with Crippen molar-refractivity contribution in [2.24, 2.45) is 0 Å². The summed E-state index contributed by atoms with van der Waals surface area (Å²) in [6.07, 6.45) is 0. The lowest BCUT2D eigenvalue weighted by Crippen LogP contribution is -1.98. The van der Waals surface area contributed by atoms with Gasteiger partial charge in [0.2, 0.25) is 0 Å². The largest absolute Gasteiger partial charge is 0.497 e. The Morgan fingerprint density at radius 3 is 2.70 bits per heavy atom. The number of aromatic nitrogens is 2. The van der Waals surface area contributed by atoms with Gasteiger partial charge in [0.15, 0.2) is 5.82 Å². The lowest BCUT2D eigenvalue weighted by Gasteiger charge is -2.04. The molecule has 0 unspecified atom stereocenters. The molecule has 5 nitrogen and oxygen atoms in total. The monoisotopic (exact) mass is 374 g/mol. The molecular formula is C21H15ClN4O. The molecule has 1 N–H and O–H groups in total. The third-order valence-electron chi connectivity index (χ3n) is 4.19. The molecule has 1 heterocycles. The standard InChI is InChI=1S/C21H15ClN4O/c1-27-18-8-9-20-19(12-18)21(24-16-6-3-5-15(22)11-16)25-26(20)17-7-2-4-14(10-17)13-23/h2-12H,1H3,(H,24,25). The summed E-state index contributed by atoms with van der Waals surface area (Å²) < 4.78 is 7.18. The van der Waals surface area contributed by atoms with Gasteiger partial charge in [0.05, 0.1) is 29.9 Å². The molecule has 0 aliphatic rings. The zero-order valence-corrected chi connectivity index (χ0v) is 15.2. The second-order valence-corrected chi connectivity index (χ2v) is 6.38. The first-order valence-corrected chi connectivity index (χ1v) is 8.65. The van der Waals surface area contributed by atoms with E-state index in [9.17, 15) is 5.26 Å². The number of rotatable bonds is 4. The Bertz CT molecular complexity index is 1180. The lowest BCUT2D eigenvalue weighted by atomic mass is 10.2. The molecule has 0 aliphatic heterocycles. The summed E-state index contributed by atoms with van der Waals surface area (Å²) in [4.78, 5) is 0. The molecule has 0 amide bonds. The molecule has 0 radical (unpaired) electrons. The Kier molecular flexibility index (Phi) is 4.41. The van der Waals surface area contributed by atoms with Crippen molar-refractivity contribution in [1.82, 2.24) is 9.78 Å². The van der Waals surface area contributed by atoms with Gasteiger partial charge in [-0.05, 0) is 54.6 Å². The average Bonchev–Trinajstić information content (AvgIpc) is 3.05. The van der Waals surface area contributed by atoms with Gasteiger partial charge in [-0.25, -0.2) is 4.68 Å². The van der Waals surface area contributed by atoms with Gasteiger partial charge < -0.3 is 10.1 Å². The molecule has 0 aliphatic carbocycles.